The van der Waals surface area contributed by atoms with Gasteiger partial charge in [0.2, 0.25) is 18.4 Å². The number of methoxy groups -OCH3 is 1. The molecule has 0 aliphatic heterocycles. The van der Waals surface area contributed by atoms with Crippen molar-refractivity contribution in [1.82, 2.24) is 10.6 Å². The zero-order valence-corrected chi connectivity index (χ0v) is 20.6. The van der Waals surface area contributed by atoms with Crippen LogP contribution < -0.4 is 20.1 Å². The van der Waals surface area contributed by atoms with Crippen LogP contribution in [0.15, 0.2) is 54.6 Å². The van der Waals surface area contributed by atoms with Crippen molar-refractivity contribution in [3.05, 3.63) is 60.2 Å². The van der Waals surface area contributed by atoms with Gasteiger partial charge in [0.05, 0.1) is 7.11 Å². The molecule has 200 valence electrons. The molecule has 3 N–H and O–H groups in total. The minimum Gasteiger partial charge on any atom is -0.497 e. The van der Waals surface area contributed by atoms with Crippen molar-refractivity contribution in [3.63, 3.8) is 0 Å². The Hall–Kier alpha value is -4.02. The summed E-state index contributed by atoms with van der Waals surface area (Å²) >= 11 is 0. The van der Waals surface area contributed by atoms with Crippen LogP contribution in [0.2, 0.25) is 0 Å². The third kappa shape index (κ3) is 9.17. The molecule has 2 aromatic rings. The molecule has 0 saturated carbocycles. The summed E-state index contributed by atoms with van der Waals surface area (Å²) in [5.74, 6) is -4.40. The zero-order chi connectivity index (χ0) is 27.5. The van der Waals surface area contributed by atoms with Crippen LogP contribution in [0.5, 0.6) is 11.5 Å². The van der Waals surface area contributed by atoms with Gasteiger partial charge < -0.3 is 25.2 Å². The number of carbonyl (C=O) groups is 4. The number of amides is 2. The number of carboxylic acids is 1. The van der Waals surface area contributed by atoms with Crippen molar-refractivity contribution in [2.24, 2.45) is 5.92 Å². The Bertz CT molecular complexity index is 1060. The molecular weight excluding hydrogens is 490 g/mol. The number of halogens is 2. The van der Waals surface area contributed by atoms with E-state index in [1.165, 1.54) is 7.11 Å². The molecule has 1 unspecified atom stereocenters. The number of rotatable bonds is 14. The summed E-state index contributed by atoms with van der Waals surface area (Å²) in [7, 11) is 1.49. The smallest absolute Gasteiger partial charge is 0.374 e. The Labute approximate surface area is 213 Å². The fraction of sp³-hybridized carbons (Fsp3) is 0.385. The minimum absolute atomic E-state index is 0.0842. The van der Waals surface area contributed by atoms with E-state index in [9.17, 15) is 28.0 Å². The highest BCUT2D eigenvalue weighted by Gasteiger charge is 2.34. The standard InChI is InChI=1S/C26H30F2N2O7/c1-15(2)13-20(24(32)29-19(14-21(27)28)22(31)26(34)35)30-25(33)23(37-18-7-5-4-6-8-18)16-9-11-17(36-3)12-10-16/h4-12,15,19-21,23H,13-14H2,1-3H3,(H,29,32)(H,30,33)(H,34,35)/t19-,20-,23?/m0/s1. The number of hydrogen-bond donors (Lipinski definition) is 3. The van der Waals surface area contributed by atoms with Crippen LogP contribution in [0.4, 0.5) is 8.78 Å². The molecular formula is C26H30F2N2O7. The summed E-state index contributed by atoms with van der Waals surface area (Å²) in [6.45, 7) is 3.54. The predicted octanol–water partition coefficient (Wildman–Crippen LogP) is 3.14. The number of alkyl halides is 2. The topological polar surface area (TPSA) is 131 Å². The fourth-order valence-corrected chi connectivity index (χ4v) is 3.47. The van der Waals surface area contributed by atoms with Gasteiger partial charge in [-0.1, -0.05) is 44.2 Å². The van der Waals surface area contributed by atoms with Crippen LogP contribution in [0.25, 0.3) is 0 Å². The van der Waals surface area contributed by atoms with E-state index in [4.69, 9.17) is 14.6 Å². The molecule has 2 rings (SSSR count). The van der Waals surface area contributed by atoms with Crippen molar-refractivity contribution >= 4 is 23.6 Å². The predicted molar refractivity (Wildman–Crippen MR) is 129 cm³/mol. The number of carboxylic acid groups (broad SMARTS) is 1. The van der Waals surface area contributed by atoms with E-state index >= 15 is 0 Å². The van der Waals surface area contributed by atoms with Gasteiger partial charge >= 0.3 is 5.97 Å². The highest BCUT2D eigenvalue weighted by molar-refractivity contribution is 6.35. The highest BCUT2D eigenvalue weighted by Crippen LogP contribution is 2.24. The van der Waals surface area contributed by atoms with Gasteiger partial charge in [-0.25, -0.2) is 13.6 Å². The normalized spacial score (nSPS) is 13.4. The van der Waals surface area contributed by atoms with Crippen LogP contribution in [0.3, 0.4) is 0 Å². The zero-order valence-electron chi connectivity index (χ0n) is 20.6. The summed E-state index contributed by atoms with van der Waals surface area (Å²) in [5.41, 5.74) is 0.447. The average molecular weight is 521 g/mol. The lowest BCUT2D eigenvalue weighted by atomic mass is 10.0. The van der Waals surface area contributed by atoms with Crippen LogP contribution >= 0.6 is 0 Å². The molecule has 37 heavy (non-hydrogen) atoms. The lowest BCUT2D eigenvalue weighted by molar-refractivity contribution is -0.151. The second-order valence-corrected chi connectivity index (χ2v) is 8.63. The van der Waals surface area contributed by atoms with Gasteiger partial charge in [0.1, 0.15) is 23.6 Å². The van der Waals surface area contributed by atoms with E-state index in [0.717, 1.165) is 0 Å². The van der Waals surface area contributed by atoms with Gasteiger partial charge in [-0.15, -0.1) is 0 Å². The second kappa shape index (κ2) is 13.9. The number of ketones is 1. The number of carbonyl (C=O) groups excluding carboxylic acids is 3. The number of benzene rings is 2. The molecule has 0 fully saturated rings. The maximum atomic E-state index is 13.4. The van der Waals surface area contributed by atoms with E-state index in [-0.39, 0.29) is 12.3 Å². The molecule has 0 bridgehead atoms. The quantitative estimate of drug-likeness (QED) is 0.326. The van der Waals surface area contributed by atoms with E-state index in [0.29, 0.717) is 17.1 Å². The molecule has 11 heteroatoms. The minimum atomic E-state index is -3.04. The third-order valence-electron chi connectivity index (χ3n) is 5.25. The van der Waals surface area contributed by atoms with Crippen molar-refractivity contribution in [2.75, 3.05) is 7.11 Å². The molecule has 9 nitrogen and oxygen atoms in total. The van der Waals surface area contributed by atoms with E-state index in [1.807, 2.05) is 0 Å². The maximum Gasteiger partial charge on any atom is 0.374 e. The fourth-order valence-electron chi connectivity index (χ4n) is 3.47. The number of ether oxygens (including phenoxy) is 2. The molecule has 0 spiro atoms. The summed E-state index contributed by atoms with van der Waals surface area (Å²) in [6.07, 6.45) is -5.33. The van der Waals surface area contributed by atoms with Crippen molar-refractivity contribution in [2.45, 2.75) is 51.3 Å². The molecule has 0 radical (unpaired) electrons. The molecule has 2 amide bonds. The Morgan fingerprint density at radius 1 is 0.838 bits per heavy atom. The molecule has 3 atom stereocenters. The Balaban J connectivity index is 2.31. The number of hydrogen-bond acceptors (Lipinski definition) is 6. The summed E-state index contributed by atoms with van der Waals surface area (Å²) in [5, 5.41) is 13.6. The van der Waals surface area contributed by atoms with E-state index < -0.39 is 54.6 Å². The van der Waals surface area contributed by atoms with Gasteiger partial charge in [0.25, 0.3) is 11.7 Å². The van der Waals surface area contributed by atoms with Crippen LogP contribution in [0.1, 0.15) is 38.4 Å². The van der Waals surface area contributed by atoms with E-state index in [2.05, 4.69) is 10.6 Å². The Kier molecular flexibility index (Phi) is 11.0. The SMILES string of the molecule is COc1ccc(C(Oc2ccccc2)C(=O)N[C@@H](CC(C)C)C(=O)N[C@@H](CC(F)F)C(=O)C(=O)O)cc1. The number of para-hydroxylation sites is 1. The summed E-state index contributed by atoms with van der Waals surface area (Å²) in [6, 6.07) is 11.8. The first-order chi connectivity index (χ1) is 17.5. The van der Waals surface area contributed by atoms with Crippen LogP contribution in [-0.2, 0) is 19.2 Å². The van der Waals surface area contributed by atoms with Crippen LogP contribution in [-0.4, -0.2) is 54.3 Å². The third-order valence-corrected chi connectivity index (χ3v) is 5.25. The first-order valence-corrected chi connectivity index (χ1v) is 11.5. The molecule has 0 aliphatic carbocycles. The number of Topliss-reactive ketones (excluding diaryl/α,β-unsaturated/α-hetero) is 1. The van der Waals surface area contributed by atoms with Gasteiger partial charge in [-0.05, 0) is 36.6 Å². The first-order valence-electron chi connectivity index (χ1n) is 11.5. The lowest BCUT2D eigenvalue weighted by Gasteiger charge is -2.26. The Morgan fingerprint density at radius 2 is 1.43 bits per heavy atom. The molecule has 0 heterocycles. The second-order valence-electron chi connectivity index (χ2n) is 8.63. The number of nitrogens with one attached hydrogen (secondary N) is 2. The van der Waals surface area contributed by atoms with Crippen molar-refractivity contribution in [3.8, 4) is 11.5 Å². The van der Waals surface area contributed by atoms with E-state index in [1.54, 1.807) is 68.4 Å². The molecule has 2 aromatic carbocycles. The lowest BCUT2D eigenvalue weighted by Crippen LogP contribution is -2.54. The summed E-state index contributed by atoms with van der Waals surface area (Å²) in [4.78, 5) is 49.3. The molecule has 0 aromatic heterocycles. The highest BCUT2D eigenvalue weighted by atomic mass is 19.3. The maximum absolute atomic E-state index is 13.4. The molecule has 0 saturated heterocycles. The van der Waals surface area contributed by atoms with Gasteiger partial charge in [0, 0.05) is 12.0 Å². The molecule has 0 aliphatic rings. The Morgan fingerprint density at radius 3 is 1.95 bits per heavy atom. The van der Waals surface area contributed by atoms with Gasteiger partial charge in [-0.3, -0.25) is 14.4 Å². The van der Waals surface area contributed by atoms with Gasteiger partial charge in [-0.2, -0.15) is 0 Å². The van der Waals surface area contributed by atoms with Crippen molar-refractivity contribution < 1.29 is 42.5 Å². The number of aliphatic carboxylic acids is 1. The van der Waals surface area contributed by atoms with Crippen molar-refractivity contribution in [1.29, 1.82) is 0 Å². The average Bonchev–Trinajstić information content (AvgIpc) is 2.86. The van der Waals surface area contributed by atoms with Crippen LogP contribution in [0, 0.1) is 5.92 Å². The van der Waals surface area contributed by atoms with Gasteiger partial charge in [0.15, 0.2) is 0 Å². The first kappa shape index (κ1) is 29.2. The monoisotopic (exact) mass is 520 g/mol. The summed E-state index contributed by atoms with van der Waals surface area (Å²) < 4.78 is 36.9. The largest absolute Gasteiger partial charge is 0.497 e.